The molecule has 6 nitrogen and oxygen atoms in total. The Morgan fingerprint density at radius 3 is 2.32 bits per heavy atom. The number of ether oxygens (including phenoxy) is 2. The minimum atomic E-state index is -0.469. The summed E-state index contributed by atoms with van der Waals surface area (Å²) in [5, 5.41) is 0. The van der Waals surface area contributed by atoms with E-state index in [2.05, 4.69) is 13.2 Å². The largest absolute Gasteiger partial charge is 0.357 e. The third-order valence-electron chi connectivity index (χ3n) is 2.33. The molecule has 6 heteroatoms. The fourth-order valence-corrected chi connectivity index (χ4v) is 1.47. The van der Waals surface area contributed by atoms with Crippen molar-refractivity contribution in [2.24, 2.45) is 0 Å². The lowest BCUT2D eigenvalue weighted by Gasteiger charge is -2.11. The minimum Gasteiger partial charge on any atom is -0.357 e. The van der Waals surface area contributed by atoms with Crippen LogP contribution in [-0.4, -0.2) is 22.3 Å². The summed E-state index contributed by atoms with van der Waals surface area (Å²) in [5.74, 6) is 0. The monoisotopic (exact) mass is 266 g/mol. The van der Waals surface area contributed by atoms with Crippen LogP contribution < -0.4 is 11.2 Å². The van der Waals surface area contributed by atoms with Gasteiger partial charge in [0.1, 0.15) is 13.5 Å². The third kappa shape index (κ3) is 4.04. The van der Waals surface area contributed by atoms with Crippen molar-refractivity contribution < 1.29 is 9.47 Å². The van der Waals surface area contributed by atoms with Crippen LogP contribution in [0.25, 0.3) is 0 Å². The van der Waals surface area contributed by atoms with E-state index in [0.717, 1.165) is 4.57 Å². The van der Waals surface area contributed by atoms with E-state index in [1.807, 2.05) is 0 Å². The van der Waals surface area contributed by atoms with Crippen molar-refractivity contribution in [1.29, 1.82) is 0 Å². The molecule has 19 heavy (non-hydrogen) atoms. The zero-order valence-corrected chi connectivity index (χ0v) is 11.0. The van der Waals surface area contributed by atoms with Gasteiger partial charge < -0.3 is 9.47 Å². The van der Waals surface area contributed by atoms with E-state index >= 15 is 0 Å². The highest BCUT2D eigenvalue weighted by Gasteiger charge is 2.08. The molecular formula is C13H18N2O4. The summed E-state index contributed by atoms with van der Waals surface area (Å²) in [7, 11) is 0. The van der Waals surface area contributed by atoms with Gasteiger partial charge in [-0.2, -0.15) is 0 Å². The van der Waals surface area contributed by atoms with Gasteiger partial charge in [-0.1, -0.05) is 12.2 Å². The number of aromatic nitrogens is 2. The maximum absolute atomic E-state index is 12.0. The van der Waals surface area contributed by atoms with Gasteiger partial charge in [-0.15, -0.1) is 13.2 Å². The molecule has 1 aromatic rings. The first-order valence-electron chi connectivity index (χ1n) is 5.80. The van der Waals surface area contributed by atoms with Gasteiger partial charge >= 0.3 is 5.69 Å². The minimum absolute atomic E-state index is 0.0629. The van der Waals surface area contributed by atoms with Gasteiger partial charge in [0.05, 0.1) is 13.2 Å². The smallest absolute Gasteiger partial charge is 0.334 e. The molecule has 0 unspecified atom stereocenters. The molecule has 0 saturated carbocycles. The average Bonchev–Trinajstić information content (AvgIpc) is 2.40. The summed E-state index contributed by atoms with van der Waals surface area (Å²) in [6, 6.07) is 0. The molecule has 0 aliphatic carbocycles. The molecule has 1 rings (SSSR count). The topological polar surface area (TPSA) is 62.5 Å². The summed E-state index contributed by atoms with van der Waals surface area (Å²) in [4.78, 5) is 23.9. The first-order chi connectivity index (χ1) is 9.11. The lowest BCUT2D eigenvalue weighted by Crippen LogP contribution is -2.41. The second-order valence-corrected chi connectivity index (χ2v) is 3.87. The highest BCUT2D eigenvalue weighted by atomic mass is 16.5. The first-order valence-corrected chi connectivity index (χ1v) is 5.80. The Morgan fingerprint density at radius 1 is 1.16 bits per heavy atom. The van der Waals surface area contributed by atoms with E-state index in [-0.39, 0.29) is 25.6 Å². The molecule has 0 amide bonds. The Kier molecular flexibility index (Phi) is 5.98. The van der Waals surface area contributed by atoms with E-state index in [1.165, 1.54) is 10.8 Å². The van der Waals surface area contributed by atoms with E-state index < -0.39 is 5.69 Å². The Balaban J connectivity index is 3.00. The number of aryl methyl sites for hydroxylation is 1. The molecule has 0 saturated heterocycles. The van der Waals surface area contributed by atoms with Crippen molar-refractivity contribution in [2.75, 3.05) is 13.2 Å². The summed E-state index contributed by atoms with van der Waals surface area (Å²) in [6.07, 6.45) is 4.60. The standard InChI is InChI=1S/C13H18N2O4/c1-4-6-18-9-14-8-11(3)12(16)15(13(14)17)10-19-7-5-2/h4-5,8H,1-2,6-7,9-10H2,3H3. The second kappa shape index (κ2) is 7.50. The molecule has 104 valence electrons. The molecule has 0 N–H and O–H groups in total. The second-order valence-electron chi connectivity index (χ2n) is 3.87. The van der Waals surface area contributed by atoms with E-state index in [0.29, 0.717) is 12.2 Å². The SMILES string of the molecule is C=CCOCn1cc(C)c(=O)n(COCC=C)c1=O. The lowest BCUT2D eigenvalue weighted by atomic mass is 10.4. The Morgan fingerprint density at radius 2 is 1.74 bits per heavy atom. The summed E-state index contributed by atoms with van der Waals surface area (Å²) >= 11 is 0. The van der Waals surface area contributed by atoms with Gasteiger partial charge in [0.15, 0.2) is 0 Å². The zero-order valence-electron chi connectivity index (χ0n) is 11.0. The van der Waals surface area contributed by atoms with Crippen LogP contribution in [0.1, 0.15) is 5.56 Å². The zero-order chi connectivity index (χ0) is 14.3. The summed E-state index contributed by atoms with van der Waals surface area (Å²) in [6.45, 7) is 9.21. The molecule has 0 aromatic carbocycles. The number of hydrogen-bond acceptors (Lipinski definition) is 4. The van der Waals surface area contributed by atoms with E-state index in [4.69, 9.17) is 9.47 Å². The van der Waals surface area contributed by atoms with Crippen LogP contribution in [0.15, 0.2) is 41.1 Å². The summed E-state index contributed by atoms with van der Waals surface area (Å²) < 4.78 is 12.7. The molecule has 0 radical (unpaired) electrons. The molecule has 0 bridgehead atoms. The molecule has 1 heterocycles. The lowest BCUT2D eigenvalue weighted by molar-refractivity contribution is 0.0772. The van der Waals surface area contributed by atoms with Crippen molar-refractivity contribution in [3.63, 3.8) is 0 Å². The van der Waals surface area contributed by atoms with Crippen molar-refractivity contribution in [3.8, 4) is 0 Å². The maximum atomic E-state index is 12.0. The van der Waals surface area contributed by atoms with Crippen LogP contribution in [0, 0.1) is 6.92 Å². The van der Waals surface area contributed by atoms with Gasteiger partial charge in [-0.25, -0.2) is 9.36 Å². The number of hydrogen-bond donors (Lipinski definition) is 0. The van der Waals surface area contributed by atoms with Crippen LogP contribution in [0.4, 0.5) is 0 Å². The predicted octanol–water partition coefficient (Wildman–Crippen LogP) is 0.639. The Hall–Kier alpha value is -1.92. The van der Waals surface area contributed by atoms with E-state index in [1.54, 1.807) is 19.1 Å². The fourth-order valence-electron chi connectivity index (χ4n) is 1.47. The average molecular weight is 266 g/mol. The molecular weight excluding hydrogens is 248 g/mol. The number of nitrogens with zero attached hydrogens (tertiary/aromatic N) is 2. The van der Waals surface area contributed by atoms with Crippen LogP contribution in [0.5, 0.6) is 0 Å². The summed E-state index contributed by atoms with van der Waals surface area (Å²) in [5.41, 5.74) is -0.387. The van der Waals surface area contributed by atoms with Gasteiger partial charge in [0.25, 0.3) is 5.56 Å². The van der Waals surface area contributed by atoms with Crippen LogP contribution >= 0.6 is 0 Å². The molecule has 0 atom stereocenters. The quantitative estimate of drug-likeness (QED) is 0.511. The van der Waals surface area contributed by atoms with Crippen molar-refractivity contribution >= 4 is 0 Å². The highest BCUT2D eigenvalue weighted by molar-refractivity contribution is 5.02. The third-order valence-corrected chi connectivity index (χ3v) is 2.33. The van der Waals surface area contributed by atoms with Crippen molar-refractivity contribution in [3.05, 3.63) is 57.9 Å². The van der Waals surface area contributed by atoms with Gasteiger partial charge in [-0.3, -0.25) is 9.36 Å². The van der Waals surface area contributed by atoms with Crippen LogP contribution in [0.3, 0.4) is 0 Å². The van der Waals surface area contributed by atoms with Crippen LogP contribution in [0.2, 0.25) is 0 Å². The first kappa shape index (κ1) is 15.1. The van der Waals surface area contributed by atoms with Crippen molar-refractivity contribution in [2.45, 2.75) is 20.4 Å². The molecule has 0 aliphatic heterocycles. The molecule has 0 aliphatic rings. The van der Waals surface area contributed by atoms with Crippen LogP contribution in [-0.2, 0) is 22.9 Å². The predicted molar refractivity (Wildman–Crippen MR) is 72.0 cm³/mol. The van der Waals surface area contributed by atoms with Gasteiger partial charge in [0, 0.05) is 11.8 Å². The van der Waals surface area contributed by atoms with Gasteiger partial charge in [-0.05, 0) is 6.92 Å². The maximum Gasteiger partial charge on any atom is 0.334 e. The molecule has 1 aromatic heterocycles. The van der Waals surface area contributed by atoms with Crippen molar-refractivity contribution in [1.82, 2.24) is 9.13 Å². The van der Waals surface area contributed by atoms with Gasteiger partial charge in [0.2, 0.25) is 0 Å². The Bertz CT molecular complexity index is 557. The molecule has 0 fully saturated rings. The number of rotatable bonds is 8. The van der Waals surface area contributed by atoms with E-state index in [9.17, 15) is 9.59 Å². The fraction of sp³-hybridized carbons (Fsp3) is 0.385. The molecule has 0 spiro atoms. The Labute approximate surface area is 111 Å². The normalized spacial score (nSPS) is 10.4. The highest BCUT2D eigenvalue weighted by Crippen LogP contribution is 1.90.